The van der Waals surface area contributed by atoms with E-state index in [1.165, 1.54) is 7.05 Å². The molecule has 1 unspecified atom stereocenters. The molecule has 7 heteroatoms. The minimum atomic E-state index is -1.72. The predicted molar refractivity (Wildman–Crippen MR) is 63.2 cm³/mol. The van der Waals surface area contributed by atoms with Gasteiger partial charge in [-0.05, 0) is 19.4 Å². The third-order valence-electron chi connectivity index (χ3n) is 2.63. The molecule has 1 aromatic carbocycles. The van der Waals surface area contributed by atoms with Gasteiger partial charge in [0.25, 0.3) is 5.91 Å². The van der Waals surface area contributed by atoms with Crippen LogP contribution in [0.1, 0.15) is 23.7 Å². The summed E-state index contributed by atoms with van der Waals surface area (Å²) in [5.41, 5.74) is 4.80. The van der Waals surface area contributed by atoms with Crippen LogP contribution in [0.4, 0.5) is 13.2 Å². The van der Waals surface area contributed by atoms with Crippen LogP contribution in [0.3, 0.4) is 0 Å². The van der Waals surface area contributed by atoms with Crippen LogP contribution in [-0.2, 0) is 0 Å². The van der Waals surface area contributed by atoms with E-state index in [1.807, 2.05) is 0 Å². The van der Waals surface area contributed by atoms with Gasteiger partial charge in [-0.1, -0.05) is 0 Å². The van der Waals surface area contributed by atoms with Gasteiger partial charge in [0.05, 0.1) is 5.56 Å². The molecule has 19 heavy (non-hydrogen) atoms. The zero-order valence-corrected chi connectivity index (χ0v) is 10.6. The Morgan fingerprint density at radius 3 is 2.53 bits per heavy atom. The number of aromatic hydroxyl groups is 1. The molecule has 0 aliphatic rings. The summed E-state index contributed by atoms with van der Waals surface area (Å²) in [7, 11) is 1.38. The third kappa shape index (κ3) is 3.37. The van der Waals surface area contributed by atoms with Gasteiger partial charge in [0.1, 0.15) is 0 Å². The fraction of sp³-hybridized carbons (Fsp3) is 0.417. The van der Waals surface area contributed by atoms with Crippen molar-refractivity contribution in [1.82, 2.24) is 4.90 Å². The molecule has 0 bridgehead atoms. The van der Waals surface area contributed by atoms with Crippen LogP contribution in [0.5, 0.6) is 5.75 Å². The molecule has 0 aliphatic heterocycles. The minimum Gasteiger partial charge on any atom is -0.503 e. The molecule has 0 fully saturated rings. The lowest BCUT2D eigenvalue weighted by molar-refractivity contribution is 0.0785. The molecular weight excluding hydrogens is 261 g/mol. The average molecular weight is 276 g/mol. The van der Waals surface area contributed by atoms with Gasteiger partial charge in [-0.15, -0.1) is 0 Å². The van der Waals surface area contributed by atoms with Gasteiger partial charge < -0.3 is 15.7 Å². The molecule has 0 saturated carbocycles. The van der Waals surface area contributed by atoms with Crippen LogP contribution in [0.2, 0.25) is 0 Å². The quantitative estimate of drug-likeness (QED) is 0.821. The topological polar surface area (TPSA) is 66.6 Å². The van der Waals surface area contributed by atoms with E-state index < -0.39 is 34.7 Å². The molecule has 0 heterocycles. The summed E-state index contributed by atoms with van der Waals surface area (Å²) in [6.07, 6.45) is 0.472. The Kier molecular flexibility index (Phi) is 4.77. The second-order valence-corrected chi connectivity index (χ2v) is 4.38. The number of carbonyl (C=O) groups excluding carboxylic acids is 1. The zero-order valence-electron chi connectivity index (χ0n) is 10.6. The number of nitrogens with zero attached hydrogens (tertiary/aromatic N) is 1. The first-order valence-corrected chi connectivity index (χ1v) is 5.63. The van der Waals surface area contributed by atoms with Crippen molar-refractivity contribution in [2.45, 2.75) is 19.4 Å². The lowest BCUT2D eigenvalue weighted by atomic mass is 10.1. The van der Waals surface area contributed by atoms with E-state index in [0.717, 1.165) is 4.90 Å². The monoisotopic (exact) mass is 276 g/mol. The molecule has 0 aromatic heterocycles. The largest absolute Gasteiger partial charge is 0.503 e. The molecular formula is C12H15F3N2O2. The van der Waals surface area contributed by atoms with Gasteiger partial charge in [0.15, 0.2) is 17.4 Å². The molecule has 1 atom stereocenters. The summed E-state index contributed by atoms with van der Waals surface area (Å²) >= 11 is 0. The molecule has 4 nitrogen and oxygen atoms in total. The normalized spacial score (nSPS) is 12.3. The molecule has 0 aliphatic carbocycles. The number of phenolic OH excluding ortho intramolecular Hbond substituents is 1. The van der Waals surface area contributed by atoms with Gasteiger partial charge in [-0.2, -0.15) is 4.39 Å². The molecule has 1 rings (SSSR count). The predicted octanol–water partition coefficient (Wildman–Crippen LogP) is 1.62. The van der Waals surface area contributed by atoms with E-state index in [0.29, 0.717) is 12.5 Å². The Balaban J connectivity index is 3.00. The van der Waals surface area contributed by atoms with Crippen LogP contribution < -0.4 is 5.73 Å². The Labute approximate surface area is 108 Å². The number of halogens is 3. The number of hydrogen-bond donors (Lipinski definition) is 2. The Morgan fingerprint density at radius 1 is 1.42 bits per heavy atom. The van der Waals surface area contributed by atoms with Crippen molar-refractivity contribution in [3.8, 4) is 5.75 Å². The van der Waals surface area contributed by atoms with Crippen molar-refractivity contribution in [2.24, 2.45) is 5.73 Å². The molecule has 3 N–H and O–H groups in total. The number of amides is 1. The first-order valence-electron chi connectivity index (χ1n) is 5.63. The maximum Gasteiger partial charge on any atom is 0.256 e. The van der Waals surface area contributed by atoms with Crippen molar-refractivity contribution in [2.75, 3.05) is 13.6 Å². The summed E-state index contributed by atoms with van der Waals surface area (Å²) in [4.78, 5) is 13.0. The van der Waals surface area contributed by atoms with Gasteiger partial charge in [-0.3, -0.25) is 4.79 Å². The van der Waals surface area contributed by atoms with Gasteiger partial charge in [0, 0.05) is 19.6 Å². The van der Waals surface area contributed by atoms with E-state index in [9.17, 15) is 18.0 Å². The van der Waals surface area contributed by atoms with Crippen LogP contribution in [0.15, 0.2) is 6.07 Å². The Morgan fingerprint density at radius 2 is 2.00 bits per heavy atom. The fourth-order valence-corrected chi connectivity index (χ4v) is 1.45. The molecule has 0 saturated heterocycles. The third-order valence-corrected chi connectivity index (χ3v) is 2.63. The summed E-state index contributed by atoms with van der Waals surface area (Å²) in [5, 5.41) is 9.04. The summed E-state index contributed by atoms with van der Waals surface area (Å²) in [6.45, 7) is 1.97. The maximum absolute atomic E-state index is 13.5. The molecule has 1 amide bonds. The van der Waals surface area contributed by atoms with Crippen molar-refractivity contribution >= 4 is 5.91 Å². The minimum absolute atomic E-state index is 0.154. The van der Waals surface area contributed by atoms with E-state index >= 15 is 0 Å². The summed E-state index contributed by atoms with van der Waals surface area (Å²) < 4.78 is 39.5. The highest BCUT2D eigenvalue weighted by molar-refractivity contribution is 5.94. The van der Waals surface area contributed by atoms with Crippen LogP contribution >= 0.6 is 0 Å². The standard InChI is InChI=1S/C12H15F3N2O2/c1-6(16)3-4-17(2)12(19)7-5-8(13)10(15)11(18)9(7)14/h5-6,18H,3-4,16H2,1-2H3. The lowest BCUT2D eigenvalue weighted by Crippen LogP contribution is -2.32. The van der Waals surface area contributed by atoms with E-state index in [1.54, 1.807) is 6.92 Å². The van der Waals surface area contributed by atoms with Gasteiger partial charge >= 0.3 is 0 Å². The number of benzene rings is 1. The first-order chi connectivity index (χ1) is 8.75. The van der Waals surface area contributed by atoms with Gasteiger partial charge in [-0.25, -0.2) is 8.78 Å². The highest BCUT2D eigenvalue weighted by Crippen LogP contribution is 2.26. The van der Waals surface area contributed by atoms with E-state index in [-0.39, 0.29) is 12.6 Å². The summed E-state index contributed by atoms with van der Waals surface area (Å²) in [5.74, 6) is -7.03. The second kappa shape index (κ2) is 5.92. The number of phenols is 1. The molecule has 106 valence electrons. The number of rotatable bonds is 4. The number of nitrogens with two attached hydrogens (primary N) is 1. The van der Waals surface area contributed by atoms with Crippen LogP contribution in [0, 0.1) is 17.5 Å². The highest BCUT2D eigenvalue weighted by Gasteiger charge is 2.24. The summed E-state index contributed by atoms with van der Waals surface area (Å²) in [6, 6.07) is 0.271. The Hall–Kier alpha value is -1.76. The van der Waals surface area contributed by atoms with Crippen molar-refractivity contribution < 1.29 is 23.1 Å². The molecule has 1 aromatic rings. The Bertz CT molecular complexity index is 492. The van der Waals surface area contributed by atoms with Crippen LogP contribution in [-0.4, -0.2) is 35.5 Å². The average Bonchev–Trinajstić information content (AvgIpc) is 2.36. The maximum atomic E-state index is 13.5. The lowest BCUT2D eigenvalue weighted by Gasteiger charge is -2.19. The zero-order chi connectivity index (χ0) is 14.7. The fourth-order valence-electron chi connectivity index (χ4n) is 1.45. The SMILES string of the molecule is CC(N)CCN(C)C(=O)c1cc(F)c(F)c(O)c1F. The van der Waals surface area contributed by atoms with Gasteiger partial charge in [0.2, 0.25) is 5.82 Å². The van der Waals surface area contributed by atoms with E-state index in [2.05, 4.69) is 0 Å². The smallest absolute Gasteiger partial charge is 0.256 e. The highest BCUT2D eigenvalue weighted by atomic mass is 19.2. The second-order valence-electron chi connectivity index (χ2n) is 4.38. The first kappa shape index (κ1) is 15.3. The van der Waals surface area contributed by atoms with Crippen molar-refractivity contribution in [3.05, 3.63) is 29.1 Å². The van der Waals surface area contributed by atoms with E-state index in [4.69, 9.17) is 10.8 Å². The number of carbonyl (C=O) groups is 1. The number of hydrogen-bond acceptors (Lipinski definition) is 3. The van der Waals surface area contributed by atoms with Crippen molar-refractivity contribution in [3.63, 3.8) is 0 Å². The van der Waals surface area contributed by atoms with Crippen molar-refractivity contribution in [1.29, 1.82) is 0 Å². The molecule has 0 radical (unpaired) electrons. The molecule has 0 spiro atoms. The van der Waals surface area contributed by atoms with Crippen LogP contribution in [0.25, 0.3) is 0 Å².